The minimum Gasteiger partial charge on any atom is -0.409 e. The number of hydrogen-bond donors (Lipinski definition) is 1. The molecule has 0 saturated carbocycles. The number of piperazine rings is 1. The molecular weight excluding hydrogens is 541 g/mol. The lowest BCUT2D eigenvalue weighted by Crippen LogP contribution is -2.49. The van der Waals surface area contributed by atoms with Crippen molar-refractivity contribution in [1.82, 2.24) is 19.8 Å². The van der Waals surface area contributed by atoms with Gasteiger partial charge < -0.3 is 24.6 Å². The summed E-state index contributed by atoms with van der Waals surface area (Å²) in [6.07, 6.45) is -2.86. The van der Waals surface area contributed by atoms with Crippen LogP contribution < -0.4 is 15.0 Å². The first-order chi connectivity index (χ1) is 19.7. The third-order valence-corrected chi connectivity index (χ3v) is 6.85. The van der Waals surface area contributed by atoms with Gasteiger partial charge in [-0.15, -0.1) is 0 Å². The third-order valence-electron chi connectivity index (χ3n) is 6.85. The van der Waals surface area contributed by atoms with Crippen molar-refractivity contribution >= 4 is 23.6 Å². The summed E-state index contributed by atoms with van der Waals surface area (Å²) >= 11 is 0. The first kappa shape index (κ1) is 28.3. The van der Waals surface area contributed by atoms with Crippen LogP contribution in [0.2, 0.25) is 0 Å². The minimum absolute atomic E-state index is 0.215. The number of alkyl halides is 3. The van der Waals surface area contributed by atoms with Crippen LogP contribution in [-0.4, -0.2) is 84.3 Å². The van der Waals surface area contributed by atoms with Crippen molar-refractivity contribution in [2.24, 2.45) is 0 Å². The van der Waals surface area contributed by atoms with Gasteiger partial charge in [-0.25, -0.2) is 14.8 Å². The summed E-state index contributed by atoms with van der Waals surface area (Å²) < 4.78 is 49.1. The minimum atomic E-state index is -4.44. The second kappa shape index (κ2) is 12.5. The van der Waals surface area contributed by atoms with Crippen molar-refractivity contribution in [3.05, 3.63) is 77.6 Å². The van der Waals surface area contributed by atoms with Gasteiger partial charge in [0.1, 0.15) is 11.6 Å². The van der Waals surface area contributed by atoms with Crippen molar-refractivity contribution < 1.29 is 32.2 Å². The topological polar surface area (TPSA) is 100 Å². The predicted octanol–water partition coefficient (Wildman–Crippen LogP) is 3.90. The lowest BCUT2D eigenvalue weighted by atomic mass is 10.1. The summed E-state index contributed by atoms with van der Waals surface area (Å²) in [4.78, 5) is 38.9. The Bertz CT molecular complexity index is 1320. The summed E-state index contributed by atoms with van der Waals surface area (Å²) in [5, 5.41) is 2.73. The monoisotopic (exact) mass is 570 g/mol. The number of amides is 2. The Labute approximate surface area is 234 Å². The van der Waals surface area contributed by atoms with Crippen LogP contribution in [-0.2, 0) is 17.5 Å². The highest BCUT2D eigenvalue weighted by Gasteiger charge is 2.31. The zero-order chi connectivity index (χ0) is 28.8. The second-order valence-electron chi connectivity index (χ2n) is 9.66. The van der Waals surface area contributed by atoms with Crippen LogP contribution in [0.15, 0.2) is 60.9 Å². The maximum absolute atomic E-state index is 12.8. The van der Waals surface area contributed by atoms with E-state index in [9.17, 15) is 22.8 Å². The number of pyridine rings is 2. The number of nitrogens with zero attached hydrogens (tertiary/aromatic N) is 5. The number of anilines is 2. The lowest BCUT2D eigenvalue weighted by molar-refractivity contribution is -0.137. The van der Waals surface area contributed by atoms with Gasteiger partial charge in [0.05, 0.1) is 25.0 Å². The summed E-state index contributed by atoms with van der Waals surface area (Å²) in [7, 11) is 0. The van der Waals surface area contributed by atoms with Crippen LogP contribution in [0.1, 0.15) is 21.5 Å². The molecule has 2 amide bonds. The number of aromatic nitrogens is 2. The molecule has 41 heavy (non-hydrogen) atoms. The Morgan fingerprint density at radius 3 is 2.22 bits per heavy atom. The molecule has 0 unspecified atom stereocenters. The maximum Gasteiger partial charge on any atom is 0.417 e. The fourth-order valence-corrected chi connectivity index (χ4v) is 4.51. The summed E-state index contributed by atoms with van der Waals surface area (Å²) in [5.41, 5.74) is 0.806. The highest BCUT2D eigenvalue weighted by atomic mass is 19.4. The van der Waals surface area contributed by atoms with Gasteiger partial charge in [-0.05, 0) is 42.0 Å². The number of nitrogens with one attached hydrogen (secondary N) is 1. The molecule has 10 nitrogen and oxygen atoms in total. The van der Waals surface area contributed by atoms with E-state index < -0.39 is 17.8 Å². The molecule has 2 fully saturated rings. The largest absolute Gasteiger partial charge is 0.417 e. The van der Waals surface area contributed by atoms with Gasteiger partial charge in [-0.2, -0.15) is 13.2 Å². The predicted molar refractivity (Wildman–Crippen MR) is 144 cm³/mol. The van der Waals surface area contributed by atoms with Gasteiger partial charge >= 0.3 is 12.3 Å². The number of carbonyl (C=O) groups is 2. The molecule has 0 spiro atoms. The second-order valence-corrected chi connectivity index (χ2v) is 9.66. The quantitative estimate of drug-likeness (QED) is 0.477. The van der Waals surface area contributed by atoms with E-state index in [1.54, 1.807) is 23.1 Å². The summed E-state index contributed by atoms with van der Waals surface area (Å²) in [6, 6.07) is 12.8. The highest BCUT2D eigenvalue weighted by Crippen LogP contribution is 2.29. The first-order valence-corrected chi connectivity index (χ1v) is 13.2. The van der Waals surface area contributed by atoms with Crippen molar-refractivity contribution in [1.29, 1.82) is 0 Å². The number of benzene rings is 1. The van der Waals surface area contributed by atoms with Gasteiger partial charge in [-0.1, -0.05) is 12.1 Å². The van der Waals surface area contributed by atoms with E-state index in [1.807, 2.05) is 12.1 Å². The molecule has 2 aliphatic rings. The van der Waals surface area contributed by atoms with Crippen LogP contribution >= 0.6 is 0 Å². The molecule has 1 N–H and O–H groups in total. The highest BCUT2D eigenvalue weighted by molar-refractivity contribution is 6.03. The standard InChI is InChI=1S/C28H29F3N6O4/c29-28(30,31)22-5-8-25(33-17-22)36-9-11-37(12-10-36)27(39)41-23-6-7-24(32-18-23)34-26(38)21-3-1-20(2-4-21)19-35-13-15-40-16-14-35/h1-8,17-18H,9-16,19H2,(H,32,34,38). The van der Waals surface area contributed by atoms with Crippen LogP contribution in [0.4, 0.5) is 29.6 Å². The van der Waals surface area contributed by atoms with E-state index >= 15 is 0 Å². The van der Waals surface area contributed by atoms with E-state index in [4.69, 9.17) is 9.47 Å². The van der Waals surface area contributed by atoms with E-state index in [-0.39, 0.29) is 11.7 Å². The number of morpholine rings is 1. The van der Waals surface area contributed by atoms with Crippen molar-refractivity contribution in [2.75, 3.05) is 62.7 Å². The number of ether oxygens (including phenoxy) is 2. The van der Waals surface area contributed by atoms with Gasteiger partial charge in [0.2, 0.25) is 0 Å². The maximum atomic E-state index is 12.8. The van der Waals surface area contributed by atoms with Crippen molar-refractivity contribution in [3.63, 3.8) is 0 Å². The lowest BCUT2D eigenvalue weighted by Gasteiger charge is -2.34. The van der Waals surface area contributed by atoms with Gasteiger partial charge in [-0.3, -0.25) is 9.69 Å². The molecule has 1 aromatic carbocycles. The summed E-state index contributed by atoms with van der Waals surface area (Å²) in [6.45, 7) is 5.46. The average Bonchev–Trinajstić information content (AvgIpc) is 2.99. The molecular formula is C28H29F3N6O4. The molecule has 0 aliphatic carbocycles. The molecule has 2 saturated heterocycles. The third kappa shape index (κ3) is 7.50. The Hall–Kier alpha value is -4.23. The van der Waals surface area contributed by atoms with Gasteiger partial charge in [0.15, 0.2) is 5.75 Å². The SMILES string of the molecule is O=C(Nc1ccc(OC(=O)N2CCN(c3ccc(C(F)(F)F)cn3)CC2)cn1)c1ccc(CN2CCOCC2)cc1. The molecule has 5 rings (SSSR count). The Morgan fingerprint density at radius 2 is 1.61 bits per heavy atom. The normalized spacial score (nSPS) is 16.4. The molecule has 4 heterocycles. The molecule has 2 aliphatic heterocycles. The fraction of sp³-hybridized carbons (Fsp3) is 0.357. The summed E-state index contributed by atoms with van der Waals surface area (Å²) in [5.74, 6) is 0.634. The van der Waals surface area contributed by atoms with Crippen molar-refractivity contribution in [2.45, 2.75) is 12.7 Å². The molecule has 2 aromatic heterocycles. The van der Waals surface area contributed by atoms with Crippen molar-refractivity contribution in [3.8, 4) is 5.75 Å². The Balaban J connectivity index is 1.07. The van der Waals surface area contributed by atoms with Crippen LogP contribution in [0, 0.1) is 0 Å². The molecule has 0 radical (unpaired) electrons. The fourth-order valence-electron chi connectivity index (χ4n) is 4.51. The number of hydrogen-bond acceptors (Lipinski definition) is 8. The molecule has 3 aromatic rings. The zero-order valence-corrected chi connectivity index (χ0v) is 22.1. The molecule has 216 valence electrons. The Morgan fingerprint density at radius 1 is 0.878 bits per heavy atom. The molecule has 0 bridgehead atoms. The van der Waals surface area contributed by atoms with E-state index in [1.165, 1.54) is 23.2 Å². The van der Waals surface area contributed by atoms with Crippen LogP contribution in [0.25, 0.3) is 0 Å². The number of carbonyl (C=O) groups excluding carboxylic acids is 2. The smallest absolute Gasteiger partial charge is 0.409 e. The zero-order valence-electron chi connectivity index (χ0n) is 22.1. The van der Waals surface area contributed by atoms with Gasteiger partial charge in [0.25, 0.3) is 5.91 Å². The van der Waals surface area contributed by atoms with Crippen LogP contribution in [0.3, 0.4) is 0 Å². The number of rotatable bonds is 6. The van der Waals surface area contributed by atoms with E-state index in [0.717, 1.165) is 50.7 Å². The average molecular weight is 571 g/mol. The molecule has 0 atom stereocenters. The van der Waals surface area contributed by atoms with E-state index in [0.29, 0.717) is 43.4 Å². The molecule has 13 heteroatoms. The van der Waals surface area contributed by atoms with Crippen LogP contribution in [0.5, 0.6) is 5.75 Å². The van der Waals surface area contributed by atoms with E-state index in [2.05, 4.69) is 20.2 Å². The Kier molecular flexibility index (Phi) is 8.64. The first-order valence-electron chi connectivity index (χ1n) is 13.2. The number of halogens is 3. The van der Waals surface area contributed by atoms with Gasteiger partial charge in [0, 0.05) is 57.6 Å².